The number of nitrogens with zero attached hydrogens (tertiary/aromatic N) is 1. The van der Waals surface area contributed by atoms with E-state index in [9.17, 15) is 0 Å². The Morgan fingerprint density at radius 1 is 1.22 bits per heavy atom. The summed E-state index contributed by atoms with van der Waals surface area (Å²) >= 11 is 0. The molecule has 1 aromatic heterocycles. The van der Waals surface area contributed by atoms with Gasteiger partial charge in [-0.25, -0.2) is 0 Å². The number of benzene rings is 1. The summed E-state index contributed by atoms with van der Waals surface area (Å²) in [6.07, 6.45) is 1.61. The second kappa shape index (κ2) is 5.91. The molecule has 0 aliphatic rings. The third-order valence-corrected chi connectivity index (χ3v) is 2.40. The minimum Gasteiger partial charge on any atom is -0.497 e. The van der Waals surface area contributed by atoms with Crippen LogP contribution >= 0.6 is 0 Å². The molecule has 0 aliphatic heterocycles. The molecule has 0 saturated carbocycles. The predicted octanol–water partition coefficient (Wildman–Crippen LogP) is 3.08. The molecule has 94 valence electrons. The van der Waals surface area contributed by atoms with Crippen molar-refractivity contribution in [3.05, 3.63) is 54.0 Å². The number of rotatable bonds is 5. The lowest BCUT2D eigenvalue weighted by atomic mass is 10.1. The van der Waals surface area contributed by atoms with Crippen LogP contribution in [-0.2, 0) is 4.84 Å². The number of hydrogen-bond donors (Lipinski definition) is 0. The summed E-state index contributed by atoms with van der Waals surface area (Å²) in [6, 6.07) is 11.3. The zero-order valence-electron chi connectivity index (χ0n) is 10.4. The van der Waals surface area contributed by atoms with Crippen LogP contribution in [0.3, 0.4) is 0 Å². The van der Waals surface area contributed by atoms with E-state index in [0.717, 1.165) is 11.3 Å². The maximum Gasteiger partial charge on any atom is 0.156 e. The number of furan rings is 1. The molecule has 1 aromatic carbocycles. The molecule has 2 rings (SSSR count). The van der Waals surface area contributed by atoms with Gasteiger partial charge in [0.15, 0.2) is 11.5 Å². The first-order chi connectivity index (χ1) is 8.85. The highest BCUT2D eigenvalue weighted by Gasteiger charge is 2.10. The van der Waals surface area contributed by atoms with Crippen molar-refractivity contribution >= 4 is 5.71 Å². The lowest BCUT2D eigenvalue weighted by Crippen LogP contribution is -2.03. The van der Waals surface area contributed by atoms with Gasteiger partial charge in [0.1, 0.15) is 12.4 Å². The molecule has 0 unspecified atom stereocenters. The molecule has 2 aromatic rings. The molecule has 0 aliphatic carbocycles. The summed E-state index contributed by atoms with van der Waals surface area (Å²) in [7, 11) is 1.64. The molecule has 0 radical (unpaired) electrons. The van der Waals surface area contributed by atoms with Gasteiger partial charge in [0, 0.05) is 5.56 Å². The smallest absolute Gasteiger partial charge is 0.156 e. The van der Waals surface area contributed by atoms with E-state index in [1.165, 1.54) is 0 Å². The molecule has 4 heteroatoms. The van der Waals surface area contributed by atoms with Crippen LogP contribution in [0.4, 0.5) is 0 Å². The van der Waals surface area contributed by atoms with Gasteiger partial charge < -0.3 is 14.0 Å². The molecule has 0 N–H and O–H groups in total. The van der Waals surface area contributed by atoms with E-state index in [4.69, 9.17) is 14.0 Å². The molecule has 18 heavy (non-hydrogen) atoms. The lowest BCUT2D eigenvalue weighted by Gasteiger charge is -2.05. The number of methoxy groups -OCH3 is 1. The van der Waals surface area contributed by atoms with Crippen molar-refractivity contribution in [2.24, 2.45) is 5.16 Å². The molecular formula is C14H15NO3. The quantitative estimate of drug-likeness (QED) is 0.600. The SMILES string of the molecule is CCO/N=C(\c1ccc(OC)cc1)c1ccco1. The van der Waals surface area contributed by atoms with E-state index in [1.807, 2.05) is 43.3 Å². The fourth-order valence-electron chi connectivity index (χ4n) is 1.53. The fraction of sp³-hybridized carbons (Fsp3) is 0.214. The highest BCUT2D eigenvalue weighted by Crippen LogP contribution is 2.16. The monoisotopic (exact) mass is 245 g/mol. The van der Waals surface area contributed by atoms with Crippen LogP contribution in [0.5, 0.6) is 5.75 Å². The van der Waals surface area contributed by atoms with Gasteiger partial charge in [-0.2, -0.15) is 0 Å². The Labute approximate surface area is 106 Å². The van der Waals surface area contributed by atoms with Gasteiger partial charge in [0.25, 0.3) is 0 Å². The Morgan fingerprint density at radius 3 is 2.56 bits per heavy atom. The topological polar surface area (TPSA) is 44.0 Å². The molecule has 1 heterocycles. The van der Waals surface area contributed by atoms with Crippen molar-refractivity contribution in [3.8, 4) is 5.75 Å². The zero-order chi connectivity index (χ0) is 12.8. The average Bonchev–Trinajstić information content (AvgIpc) is 2.94. The van der Waals surface area contributed by atoms with Crippen molar-refractivity contribution in [1.82, 2.24) is 0 Å². The first kappa shape index (κ1) is 12.2. The van der Waals surface area contributed by atoms with Gasteiger partial charge >= 0.3 is 0 Å². The molecule has 0 amide bonds. The normalized spacial score (nSPS) is 11.3. The summed E-state index contributed by atoms with van der Waals surface area (Å²) in [5.41, 5.74) is 1.59. The van der Waals surface area contributed by atoms with Crippen molar-refractivity contribution in [3.63, 3.8) is 0 Å². The second-order valence-electron chi connectivity index (χ2n) is 3.56. The van der Waals surface area contributed by atoms with E-state index in [2.05, 4.69) is 5.16 Å². The standard InChI is InChI=1S/C14H15NO3/c1-3-18-15-14(13-5-4-10-17-13)11-6-8-12(16-2)9-7-11/h4-10H,3H2,1-2H3/b15-14+. The Kier molecular flexibility index (Phi) is 4.02. The molecule has 0 fully saturated rings. The van der Waals surface area contributed by atoms with Gasteiger partial charge in [0.2, 0.25) is 0 Å². The zero-order valence-corrected chi connectivity index (χ0v) is 10.4. The number of oxime groups is 1. The third-order valence-electron chi connectivity index (χ3n) is 2.40. The maximum atomic E-state index is 5.36. The summed E-state index contributed by atoms with van der Waals surface area (Å²) in [5, 5.41) is 4.09. The maximum absolute atomic E-state index is 5.36. The van der Waals surface area contributed by atoms with Crippen LogP contribution < -0.4 is 4.74 Å². The van der Waals surface area contributed by atoms with Crippen molar-refractivity contribution < 1.29 is 14.0 Å². The molecule has 0 bridgehead atoms. The van der Waals surface area contributed by atoms with Crippen LogP contribution in [0.2, 0.25) is 0 Å². The van der Waals surface area contributed by atoms with Gasteiger partial charge in [-0.05, 0) is 43.3 Å². The molecule has 0 spiro atoms. The van der Waals surface area contributed by atoms with Crippen LogP contribution in [0, 0.1) is 0 Å². The highest BCUT2D eigenvalue weighted by atomic mass is 16.6. The van der Waals surface area contributed by atoms with E-state index in [0.29, 0.717) is 18.1 Å². The minimum absolute atomic E-state index is 0.514. The predicted molar refractivity (Wildman–Crippen MR) is 69.0 cm³/mol. The van der Waals surface area contributed by atoms with Gasteiger partial charge in [-0.1, -0.05) is 5.16 Å². The fourth-order valence-corrected chi connectivity index (χ4v) is 1.53. The van der Waals surface area contributed by atoms with Crippen molar-refractivity contribution in [2.75, 3.05) is 13.7 Å². The first-order valence-electron chi connectivity index (χ1n) is 5.73. The number of hydrogen-bond acceptors (Lipinski definition) is 4. The van der Waals surface area contributed by atoms with Gasteiger partial charge in [0.05, 0.1) is 13.4 Å². The summed E-state index contributed by atoms with van der Waals surface area (Å²) in [6.45, 7) is 2.40. The average molecular weight is 245 g/mol. The molecule has 0 atom stereocenters. The number of ether oxygens (including phenoxy) is 1. The minimum atomic E-state index is 0.514. The van der Waals surface area contributed by atoms with Gasteiger partial charge in [-0.15, -0.1) is 0 Å². The summed E-state index contributed by atoms with van der Waals surface area (Å²) < 4.78 is 10.5. The second-order valence-corrected chi connectivity index (χ2v) is 3.56. The Hall–Kier alpha value is -2.23. The summed E-state index contributed by atoms with van der Waals surface area (Å²) in [5.74, 6) is 1.47. The van der Waals surface area contributed by atoms with Crippen LogP contribution in [0.1, 0.15) is 18.2 Å². The van der Waals surface area contributed by atoms with E-state index in [1.54, 1.807) is 13.4 Å². The molecule has 0 saturated heterocycles. The van der Waals surface area contributed by atoms with Crippen LogP contribution in [0.25, 0.3) is 0 Å². The first-order valence-corrected chi connectivity index (χ1v) is 5.73. The van der Waals surface area contributed by atoms with Crippen LogP contribution in [0.15, 0.2) is 52.2 Å². The van der Waals surface area contributed by atoms with E-state index in [-0.39, 0.29) is 0 Å². The highest BCUT2D eigenvalue weighted by molar-refractivity contribution is 6.10. The Balaban J connectivity index is 2.34. The molecule has 4 nitrogen and oxygen atoms in total. The van der Waals surface area contributed by atoms with Crippen molar-refractivity contribution in [1.29, 1.82) is 0 Å². The van der Waals surface area contributed by atoms with Gasteiger partial charge in [-0.3, -0.25) is 0 Å². The van der Waals surface area contributed by atoms with Crippen molar-refractivity contribution in [2.45, 2.75) is 6.92 Å². The third kappa shape index (κ3) is 2.71. The Bertz CT molecular complexity index is 500. The van der Waals surface area contributed by atoms with E-state index >= 15 is 0 Å². The largest absolute Gasteiger partial charge is 0.497 e. The van der Waals surface area contributed by atoms with E-state index < -0.39 is 0 Å². The Morgan fingerprint density at radius 2 is 2.00 bits per heavy atom. The summed E-state index contributed by atoms with van der Waals surface area (Å²) in [4.78, 5) is 5.13. The van der Waals surface area contributed by atoms with Crippen LogP contribution in [-0.4, -0.2) is 19.4 Å². The lowest BCUT2D eigenvalue weighted by molar-refractivity contribution is 0.159. The molecular weight excluding hydrogens is 230 g/mol.